The monoisotopic (exact) mass is 292 g/mol. The van der Waals surface area contributed by atoms with Gasteiger partial charge in [0.05, 0.1) is 6.10 Å². The molecule has 1 saturated heterocycles. The summed E-state index contributed by atoms with van der Waals surface area (Å²) in [6, 6.07) is 1.64. The van der Waals surface area contributed by atoms with E-state index in [0.29, 0.717) is 17.8 Å². The number of nitrogens with one attached hydrogen (secondary N) is 2. The normalized spacial score (nSPS) is 18.1. The first-order valence-corrected chi connectivity index (χ1v) is 7.78. The van der Waals surface area contributed by atoms with Crippen molar-refractivity contribution in [1.82, 2.24) is 10.3 Å². The van der Waals surface area contributed by atoms with E-state index in [4.69, 9.17) is 4.74 Å². The Morgan fingerprint density at radius 1 is 1.43 bits per heavy atom. The third-order valence-electron chi connectivity index (χ3n) is 4.08. The van der Waals surface area contributed by atoms with Crippen LogP contribution in [0.25, 0.3) is 0 Å². The van der Waals surface area contributed by atoms with Gasteiger partial charge in [0.2, 0.25) is 0 Å². The van der Waals surface area contributed by atoms with Crippen molar-refractivity contribution in [1.29, 1.82) is 0 Å². The predicted molar refractivity (Wildman–Crippen MR) is 80.5 cm³/mol. The highest BCUT2D eigenvalue weighted by Gasteiger charge is 2.20. The predicted octanol–water partition coefficient (Wildman–Crippen LogP) is 2.54. The van der Waals surface area contributed by atoms with Gasteiger partial charge in [-0.15, -0.1) is 0 Å². The lowest BCUT2D eigenvalue weighted by molar-refractivity contribution is 0.0854. The van der Waals surface area contributed by atoms with E-state index in [2.05, 4.69) is 10.3 Å². The van der Waals surface area contributed by atoms with Crippen molar-refractivity contribution in [2.45, 2.75) is 45.6 Å². The fourth-order valence-corrected chi connectivity index (χ4v) is 2.67. The number of rotatable bonds is 7. The van der Waals surface area contributed by atoms with Gasteiger partial charge in [-0.3, -0.25) is 9.59 Å². The summed E-state index contributed by atoms with van der Waals surface area (Å²) in [5, 5.41) is 2.84. The SMILES string of the molecule is CCC(CC)C(=O)c1c[nH]c(C(=O)NC[C@H]2CCCO2)c1. The summed E-state index contributed by atoms with van der Waals surface area (Å²) in [5.74, 6) is -0.0490. The molecule has 1 aliphatic heterocycles. The van der Waals surface area contributed by atoms with Crippen molar-refractivity contribution in [2.75, 3.05) is 13.2 Å². The second kappa shape index (κ2) is 7.41. The number of carbonyl (C=O) groups is 2. The van der Waals surface area contributed by atoms with Gasteiger partial charge < -0.3 is 15.0 Å². The molecule has 0 aromatic carbocycles. The molecule has 116 valence electrons. The number of hydrogen-bond donors (Lipinski definition) is 2. The zero-order chi connectivity index (χ0) is 15.2. The number of ketones is 1. The topological polar surface area (TPSA) is 71.2 Å². The maximum Gasteiger partial charge on any atom is 0.267 e. The van der Waals surface area contributed by atoms with Gasteiger partial charge in [0.15, 0.2) is 5.78 Å². The van der Waals surface area contributed by atoms with Crippen LogP contribution in [-0.2, 0) is 4.74 Å². The summed E-state index contributed by atoms with van der Waals surface area (Å²) in [6.45, 7) is 5.31. The number of hydrogen-bond acceptors (Lipinski definition) is 3. The number of amides is 1. The molecule has 2 N–H and O–H groups in total. The Morgan fingerprint density at radius 2 is 2.19 bits per heavy atom. The van der Waals surface area contributed by atoms with E-state index in [1.807, 2.05) is 13.8 Å². The summed E-state index contributed by atoms with van der Waals surface area (Å²) in [7, 11) is 0. The molecule has 1 amide bonds. The second-order valence-corrected chi connectivity index (χ2v) is 5.52. The molecule has 1 aliphatic rings. The molecule has 1 aromatic heterocycles. The van der Waals surface area contributed by atoms with Gasteiger partial charge in [0.1, 0.15) is 5.69 Å². The molecule has 0 radical (unpaired) electrons. The zero-order valence-corrected chi connectivity index (χ0v) is 12.8. The van der Waals surface area contributed by atoms with Crippen molar-refractivity contribution in [3.63, 3.8) is 0 Å². The average Bonchev–Trinajstić information content (AvgIpc) is 3.17. The molecule has 0 bridgehead atoms. The molecule has 1 fully saturated rings. The number of carbonyl (C=O) groups excluding carboxylic acids is 2. The fraction of sp³-hybridized carbons (Fsp3) is 0.625. The van der Waals surface area contributed by atoms with Crippen LogP contribution >= 0.6 is 0 Å². The van der Waals surface area contributed by atoms with E-state index in [-0.39, 0.29) is 23.7 Å². The first kappa shape index (κ1) is 15.8. The van der Waals surface area contributed by atoms with Crippen LogP contribution in [0.1, 0.15) is 60.4 Å². The second-order valence-electron chi connectivity index (χ2n) is 5.52. The van der Waals surface area contributed by atoms with Crippen LogP contribution in [0.2, 0.25) is 0 Å². The first-order valence-electron chi connectivity index (χ1n) is 7.78. The summed E-state index contributed by atoms with van der Waals surface area (Å²) in [5.41, 5.74) is 1.02. The summed E-state index contributed by atoms with van der Waals surface area (Å²) in [4.78, 5) is 27.2. The van der Waals surface area contributed by atoms with Crippen LogP contribution < -0.4 is 5.32 Å². The van der Waals surface area contributed by atoms with Crippen LogP contribution in [0.15, 0.2) is 12.3 Å². The Bertz CT molecular complexity index is 485. The minimum atomic E-state index is -0.186. The van der Waals surface area contributed by atoms with E-state index in [1.54, 1.807) is 12.3 Å². The van der Waals surface area contributed by atoms with Gasteiger partial charge in [0, 0.05) is 30.8 Å². The van der Waals surface area contributed by atoms with Gasteiger partial charge >= 0.3 is 0 Å². The molecule has 0 spiro atoms. The molecule has 0 aliphatic carbocycles. The van der Waals surface area contributed by atoms with Gasteiger partial charge in [-0.25, -0.2) is 0 Å². The van der Waals surface area contributed by atoms with Crippen molar-refractivity contribution >= 4 is 11.7 Å². The number of ether oxygens (including phenoxy) is 1. The number of H-pyrrole nitrogens is 1. The van der Waals surface area contributed by atoms with Crippen molar-refractivity contribution < 1.29 is 14.3 Å². The largest absolute Gasteiger partial charge is 0.376 e. The summed E-state index contributed by atoms with van der Waals surface area (Å²) < 4.78 is 5.46. The maximum absolute atomic E-state index is 12.2. The van der Waals surface area contributed by atoms with Gasteiger partial charge in [0.25, 0.3) is 5.91 Å². The van der Waals surface area contributed by atoms with Crippen LogP contribution in [0.4, 0.5) is 0 Å². The first-order chi connectivity index (χ1) is 10.2. The van der Waals surface area contributed by atoms with Gasteiger partial charge in [-0.2, -0.15) is 0 Å². The Hall–Kier alpha value is -1.62. The third-order valence-corrected chi connectivity index (χ3v) is 4.08. The Labute approximate surface area is 125 Å². The van der Waals surface area contributed by atoms with Crippen molar-refractivity contribution in [3.8, 4) is 0 Å². The quantitative estimate of drug-likeness (QED) is 0.759. The lowest BCUT2D eigenvalue weighted by atomic mass is 9.94. The lowest BCUT2D eigenvalue weighted by Gasteiger charge is -2.10. The lowest BCUT2D eigenvalue weighted by Crippen LogP contribution is -2.31. The molecule has 1 aromatic rings. The third kappa shape index (κ3) is 3.94. The highest BCUT2D eigenvalue weighted by atomic mass is 16.5. The molecule has 2 heterocycles. The Balaban J connectivity index is 1.92. The van der Waals surface area contributed by atoms with Gasteiger partial charge in [-0.1, -0.05) is 13.8 Å². The molecule has 0 unspecified atom stereocenters. The maximum atomic E-state index is 12.2. The average molecular weight is 292 g/mol. The molecule has 2 rings (SSSR count). The van der Waals surface area contributed by atoms with E-state index in [9.17, 15) is 9.59 Å². The zero-order valence-electron chi connectivity index (χ0n) is 12.8. The van der Waals surface area contributed by atoms with Crippen molar-refractivity contribution in [2.24, 2.45) is 5.92 Å². The van der Waals surface area contributed by atoms with Gasteiger partial charge in [-0.05, 0) is 31.7 Å². The van der Waals surface area contributed by atoms with Crippen LogP contribution in [0, 0.1) is 5.92 Å². The van der Waals surface area contributed by atoms with Crippen LogP contribution in [0.3, 0.4) is 0 Å². The number of aromatic amines is 1. The number of aromatic nitrogens is 1. The van der Waals surface area contributed by atoms with Crippen LogP contribution in [0.5, 0.6) is 0 Å². The summed E-state index contributed by atoms with van der Waals surface area (Å²) in [6.07, 6.45) is 5.43. The minimum Gasteiger partial charge on any atom is -0.376 e. The standard InChI is InChI=1S/C16H24N2O3/c1-3-11(4-2)15(19)12-8-14(17-9-12)16(20)18-10-13-6-5-7-21-13/h8-9,11,13,17H,3-7,10H2,1-2H3,(H,18,20)/t13-/m1/s1. The van der Waals surface area contributed by atoms with Crippen LogP contribution in [-0.4, -0.2) is 35.9 Å². The Morgan fingerprint density at radius 3 is 2.81 bits per heavy atom. The van der Waals surface area contributed by atoms with E-state index in [0.717, 1.165) is 32.3 Å². The molecule has 1 atom stereocenters. The molecule has 21 heavy (non-hydrogen) atoms. The van der Waals surface area contributed by atoms with E-state index >= 15 is 0 Å². The minimum absolute atomic E-state index is 0.0311. The highest BCUT2D eigenvalue weighted by molar-refractivity contribution is 6.01. The summed E-state index contributed by atoms with van der Waals surface area (Å²) >= 11 is 0. The molecule has 5 nitrogen and oxygen atoms in total. The molecular weight excluding hydrogens is 268 g/mol. The fourth-order valence-electron chi connectivity index (χ4n) is 2.67. The smallest absolute Gasteiger partial charge is 0.267 e. The van der Waals surface area contributed by atoms with E-state index < -0.39 is 0 Å². The Kier molecular flexibility index (Phi) is 5.56. The molecule has 0 saturated carbocycles. The molecule has 5 heteroatoms. The molecular formula is C16H24N2O3. The number of Topliss-reactive ketones (excluding diaryl/α,β-unsaturated/α-hetero) is 1. The highest BCUT2D eigenvalue weighted by Crippen LogP contribution is 2.17. The van der Waals surface area contributed by atoms with E-state index in [1.165, 1.54) is 0 Å². The van der Waals surface area contributed by atoms with Crippen molar-refractivity contribution in [3.05, 3.63) is 23.5 Å².